The Hall–Kier alpha value is -4.66. The monoisotopic (exact) mass is 571 g/mol. The third-order valence-corrected chi connectivity index (χ3v) is 7.57. The maximum Gasteiger partial charge on any atom is 0.327 e. The normalized spacial score (nSPS) is 10.8. The molecule has 0 radical (unpaired) electrons. The lowest BCUT2D eigenvalue weighted by Crippen LogP contribution is -2.26. The van der Waals surface area contributed by atoms with Gasteiger partial charge in [-0.3, -0.25) is 0 Å². The number of nitrogens with zero attached hydrogens (tertiary/aromatic N) is 4. The van der Waals surface area contributed by atoms with Gasteiger partial charge in [-0.25, -0.2) is 14.3 Å². The van der Waals surface area contributed by atoms with E-state index in [2.05, 4.69) is 67.1 Å². The first-order chi connectivity index (χ1) is 20.3. The van der Waals surface area contributed by atoms with Crippen LogP contribution in [-0.4, -0.2) is 68.1 Å². The molecule has 9 heteroatoms. The molecule has 0 aliphatic carbocycles. The number of nitrogens with one attached hydrogen (secondary N) is 1. The summed E-state index contributed by atoms with van der Waals surface area (Å²) in [4.78, 5) is 23.2. The second-order valence-corrected chi connectivity index (χ2v) is 9.69. The number of phenols is 1. The van der Waals surface area contributed by atoms with Gasteiger partial charge in [-0.15, -0.1) is 0 Å². The van der Waals surface area contributed by atoms with Crippen molar-refractivity contribution in [1.82, 2.24) is 14.9 Å². The number of anilines is 2. The van der Waals surface area contributed by atoms with Gasteiger partial charge in [0.2, 0.25) is 5.75 Å². The molecule has 4 rings (SSSR count). The number of amides is 1. The zero-order valence-electron chi connectivity index (χ0n) is 25.6. The van der Waals surface area contributed by atoms with E-state index in [4.69, 9.17) is 14.5 Å². The van der Waals surface area contributed by atoms with Crippen LogP contribution in [-0.2, 0) is 0 Å². The van der Waals surface area contributed by atoms with E-state index in [-0.39, 0.29) is 23.3 Å². The summed E-state index contributed by atoms with van der Waals surface area (Å²) in [6.45, 7) is 12.1. The van der Waals surface area contributed by atoms with E-state index in [1.165, 1.54) is 14.2 Å². The number of ether oxygens (including phenoxy) is 2. The zero-order valence-corrected chi connectivity index (χ0v) is 25.6. The maximum absolute atomic E-state index is 13.6. The molecule has 0 aliphatic heterocycles. The van der Waals surface area contributed by atoms with Crippen LogP contribution in [0.2, 0.25) is 0 Å². The predicted molar refractivity (Wildman–Crippen MR) is 170 cm³/mol. The number of hydrogen-bond acceptors (Lipinski definition) is 7. The number of benzene rings is 3. The average molecular weight is 572 g/mol. The first-order valence-electron chi connectivity index (χ1n) is 14.4. The number of carbonyl (C=O) groups is 1. The minimum atomic E-state index is -0.350. The Morgan fingerprint density at radius 1 is 0.786 bits per heavy atom. The Morgan fingerprint density at radius 3 is 1.64 bits per heavy atom. The van der Waals surface area contributed by atoms with Gasteiger partial charge in [0.15, 0.2) is 11.5 Å². The van der Waals surface area contributed by atoms with E-state index in [0.717, 1.165) is 48.7 Å². The summed E-state index contributed by atoms with van der Waals surface area (Å²) in [5.74, 6) is 0.690. The van der Waals surface area contributed by atoms with Gasteiger partial charge in [0.05, 0.1) is 25.6 Å². The molecule has 2 N–H and O–H groups in total. The molecule has 0 spiro atoms. The van der Waals surface area contributed by atoms with Gasteiger partial charge >= 0.3 is 6.03 Å². The molecule has 0 bridgehead atoms. The van der Waals surface area contributed by atoms with Gasteiger partial charge in [-0.05, 0) is 64.1 Å². The second-order valence-electron chi connectivity index (χ2n) is 9.69. The van der Waals surface area contributed by atoms with Crippen LogP contribution >= 0.6 is 0 Å². The van der Waals surface area contributed by atoms with E-state index < -0.39 is 0 Å². The lowest BCUT2D eigenvalue weighted by Gasteiger charge is -2.21. The molecule has 0 saturated carbocycles. The van der Waals surface area contributed by atoms with Crippen LogP contribution in [0.25, 0.3) is 33.9 Å². The van der Waals surface area contributed by atoms with Crippen molar-refractivity contribution < 1.29 is 19.4 Å². The summed E-state index contributed by atoms with van der Waals surface area (Å²) < 4.78 is 12.4. The molecule has 0 atom stereocenters. The molecule has 1 aromatic heterocycles. The number of phenolic OH excluding ortho intramolecular Hbond substituents is 1. The highest BCUT2D eigenvalue weighted by Crippen LogP contribution is 2.43. The van der Waals surface area contributed by atoms with Gasteiger partial charge < -0.3 is 29.7 Å². The third-order valence-electron chi connectivity index (χ3n) is 7.57. The zero-order chi connectivity index (χ0) is 30.4. The number of methoxy groups -OCH3 is 2. The highest BCUT2D eigenvalue weighted by Gasteiger charge is 2.26. The minimum Gasteiger partial charge on any atom is -0.502 e. The van der Waals surface area contributed by atoms with Crippen molar-refractivity contribution in [2.45, 2.75) is 27.7 Å². The first kappa shape index (κ1) is 30.3. The standard InChI is InChI=1S/C33H41N5O4/c1-8-36(9-2)25-16-12-22(13-17-25)29-30(23-14-18-26(19-15-23)37(10-3)11-4)38(33(40)34-5)32(35-29)24-20-27(41-6)31(39)28(21-24)42-7/h12-21,39H,8-11H2,1-7H3,(H,34,40). The summed E-state index contributed by atoms with van der Waals surface area (Å²) >= 11 is 0. The van der Waals surface area contributed by atoms with Gasteiger partial charge in [0.25, 0.3) is 0 Å². The Balaban J connectivity index is 2.02. The maximum atomic E-state index is 13.6. The van der Waals surface area contributed by atoms with Crippen molar-refractivity contribution in [2.75, 3.05) is 57.2 Å². The topological polar surface area (TPSA) is 92.1 Å². The molecular formula is C33H41N5O4. The smallest absolute Gasteiger partial charge is 0.327 e. The van der Waals surface area contributed by atoms with Crippen LogP contribution in [0.1, 0.15) is 27.7 Å². The summed E-state index contributed by atoms with van der Waals surface area (Å²) in [7, 11) is 4.53. The Morgan fingerprint density at radius 2 is 1.24 bits per heavy atom. The van der Waals surface area contributed by atoms with Crippen molar-refractivity contribution in [3.8, 4) is 51.2 Å². The Labute approximate surface area is 248 Å². The summed E-state index contributed by atoms with van der Waals surface area (Å²) in [5, 5.41) is 13.3. The number of carbonyl (C=O) groups excluding carboxylic acids is 1. The molecule has 3 aromatic carbocycles. The lowest BCUT2D eigenvalue weighted by atomic mass is 10.0. The van der Waals surface area contributed by atoms with Crippen LogP contribution < -0.4 is 24.6 Å². The van der Waals surface area contributed by atoms with Crippen molar-refractivity contribution in [1.29, 1.82) is 0 Å². The molecule has 4 aromatic rings. The van der Waals surface area contributed by atoms with E-state index in [1.54, 1.807) is 23.7 Å². The van der Waals surface area contributed by atoms with Gasteiger partial charge in [0.1, 0.15) is 5.82 Å². The van der Waals surface area contributed by atoms with Gasteiger partial charge in [-0.1, -0.05) is 24.3 Å². The fourth-order valence-electron chi connectivity index (χ4n) is 5.25. The Kier molecular flexibility index (Phi) is 9.62. The van der Waals surface area contributed by atoms with Crippen LogP contribution in [0, 0.1) is 0 Å². The minimum absolute atomic E-state index is 0.124. The van der Waals surface area contributed by atoms with Gasteiger partial charge in [-0.2, -0.15) is 0 Å². The molecule has 9 nitrogen and oxygen atoms in total. The summed E-state index contributed by atoms with van der Waals surface area (Å²) in [6.07, 6.45) is 0. The van der Waals surface area contributed by atoms with Crippen molar-refractivity contribution >= 4 is 17.4 Å². The lowest BCUT2D eigenvalue weighted by molar-refractivity contribution is 0.245. The fourth-order valence-corrected chi connectivity index (χ4v) is 5.25. The average Bonchev–Trinajstić information content (AvgIpc) is 3.43. The van der Waals surface area contributed by atoms with E-state index in [0.29, 0.717) is 22.8 Å². The molecule has 0 unspecified atom stereocenters. The molecular weight excluding hydrogens is 530 g/mol. The van der Waals surface area contributed by atoms with E-state index >= 15 is 0 Å². The number of hydrogen-bond donors (Lipinski definition) is 2. The largest absolute Gasteiger partial charge is 0.502 e. The fraction of sp³-hybridized carbons (Fsp3) is 0.333. The quantitative estimate of drug-likeness (QED) is 0.213. The molecule has 0 saturated heterocycles. The Bertz CT molecular complexity index is 1480. The van der Waals surface area contributed by atoms with Crippen LogP contribution in [0.3, 0.4) is 0 Å². The number of rotatable bonds is 11. The number of aromatic nitrogens is 2. The summed E-state index contributed by atoms with van der Waals surface area (Å²) in [6, 6.07) is 19.4. The third kappa shape index (κ3) is 5.72. The highest BCUT2D eigenvalue weighted by atomic mass is 16.5. The van der Waals surface area contributed by atoms with E-state index in [9.17, 15) is 9.90 Å². The summed E-state index contributed by atoms with van der Waals surface area (Å²) in [5.41, 5.74) is 5.79. The van der Waals surface area contributed by atoms with Crippen LogP contribution in [0.5, 0.6) is 17.2 Å². The van der Waals surface area contributed by atoms with Gasteiger partial charge in [0, 0.05) is 61.3 Å². The predicted octanol–water partition coefficient (Wildman–Crippen LogP) is 6.49. The molecule has 222 valence electrons. The van der Waals surface area contributed by atoms with Crippen LogP contribution in [0.15, 0.2) is 60.7 Å². The highest BCUT2D eigenvalue weighted by molar-refractivity contribution is 5.93. The van der Waals surface area contributed by atoms with Crippen molar-refractivity contribution in [2.24, 2.45) is 0 Å². The number of aromatic hydroxyl groups is 1. The first-order valence-corrected chi connectivity index (χ1v) is 14.4. The number of imidazole rings is 1. The van der Waals surface area contributed by atoms with Crippen LogP contribution in [0.4, 0.5) is 16.2 Å². The molecule has 1 amide bonds. The molecule has 42 heavy (non-hydrogen) atoms. The molecule has 1 heterocycles. The van der Waals surface area contributed by atoms with Crippen molar-refractivity contribution in [3.05, 3.63) is 60.7 Å². The second kappa shape index (κ2) is 13.3. The van der Waals surface area contributed by atoms with Crippen molar-refractivity contribution in [3.63, 3.8) is 0 Å². The molecule has 0 aliphatic rings. The SMILES string of the molecule is CCN(CC)c1ccc(-c2nc(-c3cc(OC)c(O)c(OC)c3)n(C(=O)NC)c2-c2ccc(N(CC)CC)cc2)cc1. The molecule has 0 fully saturated rings. The van der Waals surface area contributed by atoms with E-state index in [1.807, 2.05) is 24.3 Å².